The number of halogens is 2. The van der Waals surface area contributed by atoms with Gasteiger partial charge in [0.15, 0.2) is 0 Å². The standard InChI is InChI=1S/C37H33ClFN3O6/c1-37-27(34(45)42(36(37)47)22-10-13-29(39)28(38)18-22)19-26-23(32(37)24-4-2-3-5-30(24)43)11-12-25-31(26)35(46)41(33(25)44)21-8-6-20(7-9-21)40-14-16-48-17-15-40/h2-11,13,18,25-27,31-32,43H,12,14-17,19H2,1H3. The topological polar surface area (TPSA) is 107 Å². The molecule has 1 saturated carbocycles. The number of fused-ring (bicyclic) bond motifs is 4. The molecule has 4 fully saturated rings. The number of para-hydroxylation sites is 1. The summed E-state index contributed by atoms with van der Waals surface area (Å²) in [5.74, 6) is -5.87. The van der Waals surface area contributed by atoms with Gasteiger partial charge in [-0.2, -0.15) is 0 Å². The van der Waals surface area contributed by atoms with Crippen LogP contribution in [0.15, 0.2) is 78.4 Å². The van der Waals surface area contributed by atoms with Crippen LogP contribution in [0.3, 0.4) is 0 Å². The number of ether oxygens (including phenoxy) is 1. The summed E-state index contributed by atoms with van der Waals surface area (Å²) >= 11 is 6.08. The van der Waals surface area contributed by atoms with Gasteiger partial charge in [-0.25, -0.2) is 9.29 Å². The van der Waals surface area contributed by atoms with Crippen molar-refractivity contribution in [1.82, 2.24) is 0 Å². The Bertz CT molecular complexity index is 1910. The van der Waals surface area contributed by atoms with Gasteiger partial charge in [0.2, 0.25) is 23.6 Å². The monoisotopic (exact) mass is 669 g/mol. The van der Waals surface area contributed by atoms with Gasteiger partial charge in [0, 0.05) is 30.3 Å². The molecule has 3 aromatic carbocycles. The highest BCUT2D eigenvalue weighted by molar-refractivity contribution is 6.32. The second kappa shape index (κ2) is 11.3. The van der Waals surface area contributed by atoms with E-state index in [9.17, 15) is 28.7 Å². The van der Waals surface area contributed by atoms with E-state index in [4.69, 9.17) is 16.3 Å². The van der Waals surface area contributed by atoms with Crippen molar-refractivity contribution in [3.8, 4) is 5.75 Å². The number of carbonyl (C=O) groups excluding carboxylic acids is 4. The Morgan fingerprint density at radius 2 is 1.54 bits per heavy atom. The number of nitrogens with zero attached hydrogens (tertiary/aromatic N) is 3. The number of allylic oxidation sites excluding steroid dienone is 2. The van der Waals surface area contributed by atoms with Crippen molar-refractivity contribution in [3.05, 3.63) is 94.8 Å². The molecule has 0 bridgehead atoms. The van der Waals surface area contributed by atoms with Gasteiger partial charge in [-0.1, -0.05) is 41.4 Å². The largest absolute Gasteiger partial charge is 0.508 e. The van der Waals surface area contributed by atoms with Gasteiger partial charge in [-0.15, -0.1) is 0 Å². The minimum Gasteiger partial charge on any atom is -0.508 e. The third-order valence-electron chi connectivity index (χ3n) is 11.2. The summed E-state index contributed by atoms with van der Waals surface area (Å²) < 4.78 is 19.6. The number of hydrogen-bond acceptors (Lipinski definition) is 7. The lowest BCUT2D eigenvalue weighted by Crippen LogP contribution is -2.48. The molecule has 2 aliphatic carbocycles. The number of hydrogen-bond donors (Lipinski definition) is 1. The highest BCUT2D eigenvalue weighted by Crippen LogP contribution is 2.64. The van der Waals surface area contributed by atoms with E-state index in [-0.39, 0.29) is 41.1 Å². The molecule has 3 aliphatic heterocycles. The smallest absolute Gasteiger partial charge is 0.241 e. The summed E-state index contributed by atoms with van der Waals surface area (Å²) in [4.78, 5) is 61.6. The van der Waals surface area contributed by atoms with Crippen LogP contribution in [0, 0.1) is 34.9 Å². The number of carbonyl (C=O) groups is 4. The van der Waals surface area contributed by atoms with Crippen molar-refractivity contribution >= 4 is 52.3 Å². The van der Waals surface area contributed by atoms with Crippen molar-refractivity contribution in [1.29, 1.82) is 0 Å². The lowest BCUT2D eigenvalue weighted by atomic mass is 9.51. The van der Waals surface area contributed by atoms with Crippen molar-refractivity contribution in [2.45, 2.75) is 25.7 Å². The summed E-state index contributed by atoms with van der Waals surface area (Å²) in [6.45, 7) is 4.51. The molecule has 6 unspecified atom stereocenters. The molecule has 1 N–H and O–H groups in total. The van der Waals surface area contributed by atoms with Crippen molar-refractivity contribution in [2.24, 2.45) is 29.1 Å². The molecule has 0 aromatic heterocycles. The third kappa shape index (κ3) is 4.38. The molecule has 0 spiro atoms. The van der Waals surface area contributed by atoms with Crippen LogP contribution in [0.1, 0.15) is 31.2 Å². The number of imide groups is 2. The minimum absolute atomic E-state index is 0.0366. The van der Waals surface area contributed by atoms with Gasteiger partial charge < -0.3 is 14.7 Å². The highest BCUT2D eigenvalue weighted by Gasteiger charge is 2.68. The predicted octanol–water partition coefficient (Wildman–Crippen LogP) is 5.46. The van der Waals surface area contributed by atoms with E-state index < -0.39 is 52.6 Å². The maximum atomic E-state index is 14.5. The number of phenols is 1. The average molecular weight is 670 g/mol. The first-order valence-electron chi connectivity index (χ1n) is 16.2. The summed E-state index contributed by atoms with van der Waals surface area (Å²) in [5, 5.41) is 10.9. The molecule has 6 atom stereocenters. The molecular formula is C37H33ClFN3O6. The van der Waals surface area contributed by atoms with Crippen molar-refractivity contribution < 1.29 is 33.4 Å². The number of benzene rings is 3. The van der Waals surface area contributed by atoms with Gasteiger partial charge in [0.05, 0.1) is 52.8 Å². The van der Waals surface area contributed by atoms with Gasteiger partial charge in [0.25, 0.3) is 0 Å². The second-order valence-electron chi connectivity index (χ2n) is 13.4. The Morgan fingerprint density at radius 1 is 0.854 bits per heavy atom. The summed E-state index contributed by atoms with van der Waals surface area (Å²) in [6, 6.07) is 17.8. The molecule has 11 heteroatoms. The summed E-state index contributed by atoms with van der Waals surface area (Å²) in [7, 11) is 0. The Morgan fingerprint density at radius 3 is 2.25 bits per heavy atom. The van der Waals surface area contributed by atoms with E-state index in [1.54, 1.807) is 37.3 Å². The fraction of sp³-hybridized carbons (Fsp3) is 0.351. The Labute approximate surface area is 281 Å². The van der Waals surface area contributed by atoms with E-state index in [1.165, 1.54) is 23.1 Å². The van der Waals surface area contributed by atoms with E-state index in [2.05, 4.69) is 4.90 Å². The Kier molecular flexibility index (Phi) is 7.23. The lowest BCUT2D eigenvalue weighted by molar-refractivity contribution is -0.131. The number of anilines is 3. The van der Waals surface area contributed by atoms with Crippen LogP contribution in [-0.2, 0) is 23.9 Å². The number of phenolic OH excluding ortho intramolecular Hbond substituents is 1. The SMILES string of the molecule is CC12C(=O)N(c3ccc(F)c(Cl)c3)C(=O)C1CC1C(=CCC3C(=O)N(c4ccc(N5CCOCC5)cc4)C(=O)C31)C2c1ccccc1O. The minimum atomic E-state index is -1.34. The zero-order chi connectivity index (χ0) is 33.5. The zero-order valence-corrected chi connectivity index (χ0v) is 26.9. The quantitative estimate of drug-likeness (QED) is 0.291. The summed E-state index contributed by atoms with van der Waals surface area (Å²) in [6.07, 6.45) is 2.38. The normalized spacial score (nSPS) is 29.9. The van der Waals surface area contributed by atoms with Crippen molar-refractivity contribution in [2.75, 3.05) is 41.0 Å². The molecule has 4 amide bonds. The predicted molar refractivity (Wildman–Crippen MR) is 176 cm³/mol. The van der Waals surface area contributed by atoms with Crippen LogP contribution in [0.2, 0.25) is 5.02 Å². The molecule has 0 radical (unpaired) electrons. The maximum absolute atomic E-state index is 14.5. The van der Waals surface area contributed by atoms with Gasteiger partial charge >= 0.3 is 0 Å². The summed E-state index contributed by atoms with van der Waals surface area (Å²) in [5.41, 5.74) is 1.51. The molecule has 246 valence electrons. The number of amides is 4. The molecule has 3 heterocycles. The molecular weight excluding hydrogens is 637 g/mol. The first-order valence-corrected chi connectivity index (χ1v) is 16.6. The number of rotatable bonds is 4. The molecule has 5 aliphatic rings. The van der Waals surface area contributed by atoms with Crippen LogP contribution < -0.4 is 14.7 Å². The molecule has 3 saturated heterocycles. The van der Waals surface area contributed by atoms with E-state index in [0.29, 0.717) is 24.5 Å². The number of aromatic hydroxyl groups is 1. The Balaban J connectivity index is 1.19. The van der Waals surface area contributed by atoms with Crippen LogP contribution in [0.5, 0.6) is 5.75 Å². The van der Waals surface area contributed by atoms with Crippen LogP contribution in [0.4, 0.5) is 21.5 Å². The van der Waals surface area contributed by atoms with E-state index >= 15 is 0 Å². The molecule has 3 aromatic rings. The number of morpholine rings is 1. The molecule has 8 rings (SSSR count). The van der Waals surface area contributed by atoms with Crippen LogP contribution in [-0.4, -0.2) is 55.0 Å². The highest BCUT2D eigenvalue weighted by atomic mass is 35.5. The van der Waals surface area contributed by atoms with Gasteiger partial charge in [0.1, 0.15) is 11.6 Å². The van der Waals surface area contributed by atoms with E-state index in [1.807, 2.05) is 18.2 Å². The van der Waals surface area contributed by atoms with Gasteiger partial charge in [-0.05, 0) is 74.2 Å². The Hall–Kier alpha value is -4.54. The van der Waals surface area contributed by atoms with Crippen LogP contribution >= 0.6 is 11.6 Å². The lowest BCUT2D eigenvalue weighted by Gasteiger charge is -2.49. The van der Waals surface area contributed by atoms with Gasteiger partial charge in [-0.3, -0.25) is 24.1 Å². The first-order chi connectivity index (χ1) is 23.1. The third-order valence-corrected chi connectivity index (χ3v) is 11.5. The van der Waals surface area contributed by atoms with Crippen molar-refractivity contribution in [3.63, 3.8) is 0 Å². The average Bonchev–Trinajstić information content (AvgIpc) is 3.46. The first kappa shape index (κ1) is 30.8. The fourth-order valence-electron chi connectivity index (χ4n) is 8.85. The zero-order valence-electron chi connectivity index (χ0n) is 26.1. The van der Waals surface area contributed by atoms with E-state index in [0.717, 1.165) is 35.3 Å². The molecule has 9 nitrogen and oxygen atoms in total. The van der Waals surface area contributed by atoms with Crippen LogP contribution in [0.25, 0.3) is 0 Å². The second-order valence-corrected chi connectivity index (χ2v) is 13.9. The fourth-order valence-corrected chi connectivity index (χ4v) is 9.02. The molecule has 48 heavy (non-hydrogen) atoms. The maximum Gasteiger partial charge on any atom is 0.241 e.